The molecule has 3 rings (SSSR count). The molecular weight excluding hydrogens is 502 g/mol. The molecule has 0 bridgehead atoms. The molecule has 0 amide bonds. The van der Waals surface area contributed by atoms with Crippen LogP contribution in [0.1, 0.15) is 51.9 Å². The van der Waals surface area contributed by atoms with Gasteiger partial charge in [-0.25, -0.2) is 4.57 Å². The minimum absolute atomic E-state index is 0.00572. The summed E-state index contributed by atoms with van der Waals surface area (Å²) in [7, 11) is -4.82. The third-order valence-electron chi connectivity index (χ3n) is 6.05. The minimum atomic E-state index is -4.82. The summed E-state index contributed by atoms with van der Waals surface area (Å²) in [6, 6.07) is 9.23. The first kappa shape index (κ1) is 28.3. The molecule has 0 saturated carbocycles. The Bertz CT molecular complexity index is 1140. The molecule has 0 spiro atoms. The minimum Gasteiger partial charge on any atom is -0.493 e. The first-order valence-electron chi connectivity index (χ1n) is 11.4. The van der Waals surface area contributed by atoms with Gasteiger partial charge in [0.25, 0.3) is 0 Å². The molecule has 0 aliphatic heterocycles. The number of Topliss-reactive ketones (excluding diaryl/α,β-unsaturated/α-hetero) is 1. The second kappa shape index (κ2) is 11.4. The first-order chi connectivity index (χ1) is 16.8. The van der Waals surface area contributed by atoms with Gasteiger partial charge in [-0.2, -0.15) is 13.2 Å². The molecule has 1 aliphatic rings. The van der Waals surface area contributed by atoms with E-state index in [1.165, 1.54) is 12.1 Å². The van der Waals surface area contributed by atoms with E-state index in [4.69, 9.17) is 20.3 Å². The highest BCUT2D eigenvalue weighted by Crippen LogP contribution is 2.38. The summed E-state index contributed by atoms with van der Waals surface area (Å²) in [5, 5.41) is 9.48. The Kier molecular flexibility index (Phi) is 8.97. The molecule has 2 aromatic carbocycles. The van der Waals surface area contributed by atoms with Crippen molar-refractivity contribution in [3.63, 3.8) is 0 Å². The van der Waals surface area contributed by atoms with E-state index in [-0.39, 0.29) is 36.5 Å². The summed E-state index contributed by atoms with van der Waals surface area (Å²) < 4.78 is 61.7. The van der Waals surface area contributed by atoms with E-state index in [0.717, 1.165) is 22.8 Å². The Balaban J connectivity index is 1.59. The van der Waals surface area contributed by atoms with Crippen molar-refractivity contribution in [3.05, 3.63) is 64.2 Å². The average molecular weight is 531 g/mol. The van der Waals surface area contributed by atoms with E-state index in [2.05, 4.69) is 4.52 Å². The number of ketones is 1. The lowest BCUT2D eigenvalue weighted by molar-refractivity contribution is -0.139. The number of halogens is 3. The smallest absolute Gasteiger partial charge is 0.469 e. The van der Waals surface area contributed by atoms with Gasteiger partial charge >= 0.3 is 14.0 Å². The Hall–Kier alpha value is -2.27. The van der Waals surface area contributed by atoms with E-state index in [1.54, 1.807) is 6.07 Å². The predicted molar refractivity (Wildman–Crippen MR) is 125 cm³/mol. The van der Waals surface area contributed by atoms with Crippen molar-refractivity contribution >= 4 is 13.6 Å². The van der Waals surface area contributed by atoms with Gasteiger partial charge in [-0.05, 0) is 60.9 Å². The van der Waals surface area contributed by atoms with Gasteiger partial charge in [-0.15, -0.1) is 0 Å². The summed E-state index contributed by atoms with van der Waals surface area (Å²) >= 11 is 0. The standard InChI is InChI=1S/C24H29F3NO7P/c25-24(26,27)20-13-17(9-10-23(28,14-29)15-35-36(31,32)33)4-8-22(20)34-11-1-2-16-3-6-19-18(12-16)5-7-21(19)30/h3-4,6,8,12-13,29H,1-2,5,7,9-11,14-15,28H2,(H2,31,32,33). The van der Waals surface area contributed by atoms with Crippen LogP contribution in [0.25, 0.3) is 0 Å². The molecule has 0 fully saturated rings. The largest absolute Gasteiger partial charge is 0.493 e. The molecular formula is C24H29F3NO7P. The number of phosphoric ester groups is 1. The van der Waals surface area contributed by atoms with Crippen molar-refractivity contribution in [3.8, 4) is 5.75 Å². The zero-order valence-electron chi connectivity index (χ0n) is 19.5. The molecule has 0 saturated heterocycles. The van der Waals surface area contributed by atoms with Gasteiger partial charge in [-0.3, -0.25) is 9.32 Å². The summed E-state index contributed by atoms with van der Waals surface area (Å²) in [5.74, 6) is -0.178. The fraction of sp³-hybridized carbons (Fsp3) is 0.458. The van der Waals surface area contributed by atoms with E-state index in [1.807, 2.05) is 12.1 Å². The summed E-state index contributed by atoms with van der Waals surface area (Å²) in [6.07, 6.45) is -2.45. The van der Waals surface area contributed by atoms with Gasteiger partial charge in [0, 0.05) is 12.0 Å². The maximum atomic E-state index is 13.7. The average Bonchev–Trinajstić information content (AvgIpc) is 3.18. The van der Waals surface area contributed by atoms with Gasteiger partial charge in [0.2, 0.25) is 0 Å². The van der Waals surface area contributed by atoms with Crippen LogP contribution in [0.15, 0.2) is 36.4 Å². The van der Waals surface area contributed by atoms with Gasteiger partial charge < -0.3 is 25.4 Å². The predicted octanol–water partition coefficient (Wildman–Crippen LogP) is 3.58. The molecule has 12 heteroatoms. The topological polar surface area (TPSA) is 139 Å². The third-order valence-corrected chi connectivity index (χ3v) is 6.52. The normalized spacial score (nSPS) is 15.6. The van der Waals surface area contributed by atoms with Crippen molar-refractivity contribution in [2.24, 2.45) is 5.73 Å². The van der Waals surface area contributed by atoms with Crippen molar-refractivity contribution < 1.29 is 46.7 Å². The maximum Gasteiger partial charge on any atom is 0.469 e. The zero-order chi connectivity index (χ0) is 26.6. The molecule has 198 valence electrons. The van der Waals surface area contributed by atoms with Crippen molar-refractivity contribution in [2.45, 2.75) is 50.2 Å². The van der Waals surface area contributed by atoms with Crippen LogP contribution in [0.5, 0.6) is 5.75 Å². The van der Waals surface area contributed by atoms with Crippen LogP contribution in [0, 0.1) is 0 Å². The van der Waals surface area contributed by atoms with Crippen LogP contribution in [0.2, 0.25) is 0 Å². The number of aliphatic hydroxyl groups excluding tert-OH is 1. The fourth-order valence-electron chi connectivity index (χ4n) is 4.01. The van der Waals surface area contributed by atoms with Crippen LogP contribution in [-0.4, -0.2) is 46.0 Å². The molecule has 1 unspecified atom stereocenters. The van der Waals surface area contributed by atoms with Gasteiger partial charge in [0.1, 0.15) is 5.75 Å². The number of benzene rings is 2. The number of phosphoric acid groups is 1. The number of aryl methyl sites for hydroxylation is 3. The molecule has 36 heavy (non-hydrogen) atoms. The lowest BCUT2D eigenvalue weighted by atomic mass is 9.93. The first-order valence-corrected chi connectivity index (χ1v) is 12.9. The van der Waals surface area contributed by atoms with Crippen molar-refractivity contribution in [1.82, 2.24) is 0 Å². The Morgan fingerprint density at radius 2 is 1.72 bits per heavy atom. The Morgan fingerprint density at radius 1 is 1.03 bits per heavy atom. The van der Waals surface area contributed by atoms with E-state index < -0.39 is 38.3 Å². The highest BCUT2D eigenvalue weighted by Gasteiger charge is 2.35. The number of ether oxygens (including phenoxy) is 1. The summed E-state index contributed by atoms with van der Waals surface area (Å²) in [5.41, 5.74) is 6.40. The molecule has 1 aliphatic carbocycles. The number of carbonyl (C=O) groups is 1. The number of hydrogen-bond donors (Lipinski definition) is 4. The Labute approximate surface area is 206 Å². The lowest BCUT2D eigenvalue weighted by Gasteiger charge is -2.27. The molecule has 0 heterocycles. The van der Waals surface area contributed by atoms with Crippen LogP contribution in [-0.2, 0) is 34.5 Å². The number of hydrogen-bond acceptors (Lipinski definition) is 6. The number of fused-ring (bicyclic) bond motifs is 1. The van der Waals surface area contributed by atoms with Gasteiger partial charge in [-0.1, -0.05) is 24.3 Å². The number of carbonyl (C=O) groups excluding carboxylic acids is 1. The lowest BCUT2D eigenvalue weighted by Crippen LogP contribution is -2.48. The van der Waals surface area contributed by atoms with Gasteiger partial charge in [0.05, 0.1) is 30.9 Å². The van der Waals surface area contributed by atoms with Crippen LogP contribution >= 0.6 is 7.82 Å². The third kappa shape index (κ3) is 7.86. The SMILES string of the molecule is NC(CO)(CCc1ccc(OCCCc2ccc3c(c2)CCC3=O)c(C(F)(F)F)c1)COP(=O)(O)O. The summed E-state index contributed by atoms with van der Waals surface area (Å²) in [6.45, 7) is -1.28. The quantitative estimate of drug-likeness (QED) is 0.241. The second-order valence-corrected chi connectivity index (χ2v) is 10.2. The second-order valence-electron chi connectivity index (χ2n) is 8.98. The maximum absolute atomic E-state index is 13.7. The highest BCUT2D eigenvalue weighted by atomic mass is 31.2. The van der Waals surface area contributed by atoms with E-state index >= 15 is 0 Å². The number of rotatable bonds is 12. The van der Waals surface area contributed by atoms with Crippen LogP contribution < -0.4 is 10.5 Å². The molecule has 5 N–H and O–H groups in total. The van der Waals surface area contributed by atoms with E-state index in [0.29, 0.717) is 25.7 Å². The zero-order valence-corrected chi connectivity index (χ0v) is 20.4. The van der Waals surface area contributed by atoms with Crippen LogP contribution in [0.4, 0.5) is 13.2 Å². The number of alkyl halides is 3. The van der Waals surface area contributed by atoms with E-state index in [9.17, 15) is 27.6 Å². The molecule has 0 radical (unpaired) electrons. The van der Waals surface area contributed by atoms with Gasteiger partial charge in [0.15, 0.2) is 5.78 Å². The molecule has 1 atom stereocenters. The molecule has 8 nitrogen and oxygen atoms in total. The number of nitrogens with two attached hydrogens (primary N) is 1. The molecule has 2 aromatic rings. The Morgan fingerprint density at radius 3 is 2.39 bits per heavy atom. The number of aliphatic hydroxyl groups is 1. The summed E-state index contributed by atoms with van der Waals surface area (Å²) in [4.78, 5) is 29.4. The van der Waals surface area contributed by atoms with Crippen molar-refractivity contribution in [1.29, 1.82) is 0 Å². The molecule has 0 aromatic heterocycles. The van der Waals surface area contributed by atoms with Crippen molar-refractivity contribution in [2.75, 3.05) is 19.8 Å². The van der Waals surface area contributed by atoms with Crippen LogP contribution in [0.3, 0.4) is 0 Å². The fourth-order valence-corrected chi connectivity index (χ4v) is 4.43. The highest BCUT2D eigenvalue weighted by molar-refractivity contribution is 7.46. The monoisotopic (exact) mass is 531 g/mol.